The molecule has 2 aliphatic rings. The van der Waals surface area contributed by atoms with Crippen LogP contribution in [-0.2, 0) is 0 Å². The van der Waals surface area contributed by atoms with Gasteiger partial charge in [0.25, 0.3) is 0 Å². The highest BCUT2D eigenvalue weighted by molar-refractivity contribution is 5.96. The van der Waals surface area contributed by atoms with E-state index in [2.05, 4.69) is 156 Å². The number of anilines is 1. The second-order valence-electron chi connectivity index (χ2n) is 11.5. The molecular formula is C40H31N5. The molecule has 0 atom stereocenters. The zero-order valence-corrected chi connectivity index (χ0v) is 25.1. The van der Waals surface area contributed by atoms with Crippen molar-refractivity contribution < 1.29 is 0 Å². The molecule has 6 aromatic rings. The normalized spacial score (nSPS) is 12.0. The molecule has 0 saturated carbocycles. The van der Waals surface area contributed by atoms with Gasteiger partial charge < -0.3 is 14.9 Å². The van der Waals surface area contributed by atoms with Crippen LogP contribution in [0.15, 0.2) is 115 Å². The minimum absolute atomic E-state index is 0.884. The van der Waals surface area contributed by atoms with Gasteiger partial charge in [-0.2, -0.15) is 0 Å². The minimum Gasteiger partial charge on any atom is -0.378 e. The van der Waals surface area contributed by atoms with Crippen LogP contribution in [0.1, 0.15) is 22.8 Å². The molecule has 0 saturated heterocycles. The largest absolute Gasteiger partial charge is 0.378 e. The third kappa shape index (κ3) is 4.94. The van der Waals surface area contributed by atoms with E-state index >= 15 is 0 Å². The second kappa shape index (κ2) is 11.0. The highest BCUT2D eigenvalue weighted by Crippen LogP contribution is 2.37. The molecule has 3 aromatic heterocycles. The minimum atomic E-state index is 0.884. The van der Waals surface area contributed by atoms with E-state index < -0.39 is 0 Å². The fraction of sp³-hybridized carbons (Fsp3) is 0.0500. The molecule has 5 heterocycles. The van der Waals surface area contributed by atoms with Gasteiger partial charge in [-0.1, -0.05) is 72.8 Å². The maximum absolute atomic E-state index is 5.30. The summed E-state index contributed by atoms with van der Waals surface area (Å²) < 4.78 is 0. The van der Waals surface area contributed by atoms with Gasteiger partial charge in [-0.15, -0.1) is 0 Å². The SMILES string of the molecule is CN(C)c1ccc(-c2c3nc(c(-c4ccccc4)c4ccc(cc5ccc([nH]5)c(-c5ccccc5)c5nc2C=C5)[nH]4)C=C3)cc1. The first-order chi connectivity index (χ1) is 22.1. The summed E-state index contributed by atoms with van der Waals surface area (Å²) in [5.41, 5.74) is 15.1. The molecule has 8 bridgehead atoms. The quantitative estimate of drug-likeness (QED) is 0.217. The molecule has 8 rings (SSSR count). The Morgan fingerprint density at radius 3 is 1.31 bits per heavy atom. The number of nitrogens with zero attached hydrogens (tertiary/aromatic N) is 3. The van der Waals surface area contributed by atoms with Crippen molar-refractivity contribution in [2.24, 2.45) is 0 Å². The van der Waals surface area contributed by atoms with Crippen LogP contribution < -0.4 is 4.90 Å². The van der Waals surface area contributed by atoms with Gasteiger partial charge in [-0.05, 0) is 83.5 Å². The van der Waals surface area contributed by atoms with E-state index in [1.54, 1.807) is 0 Å². The Balaban J connectivity index is 1.52. The summed E-state index contributed by atoms with van der Waals surface area (Å²) in [4.78, 5) is 20.0. The van der Waals surface area contributed by atoms with Crippen LogP contribution in [0.2, 0.25) is 0 Å². The molecule has 45 heavy (non-hydrogen) atoms. The molecule has 3 aromatic carbocycles. The van der Waals surface area contributed by atoms with Crippen LogP contribution in [0.3, 0.4) is 0 Å². The van der Waals surface area contributed by atoms with Gasteiger partial charge >= 0.3 is 0 Å². The Kier molecular flexibility index (Phi) is 6.50. The predicted molar refractivity (Wildman–Crippen MR) is 189 cm³/mol. The van der Waals surface area contributed by atoms with Gasteiger partial charge in [0.1, 0.15) is 0 Å². The summed E-state index contributed by atoms with van der Waals surface area (Å²) in [6.07, 6.45) is 8.48. The first kappa shape index (κ1) is 26.7. The van der Waals surface area contributed by atoms with Gasteiger partial charge in [0.2, 0.25) is 0 Å². The van der Waals surface area contributed by atoms with E-state index in [-0.39, 0.29) is 0 Å². The van der Waals surface area contributed by atoms with E-state index in [4.69, 9.17) is 9.97 Å². The first-order valence-corrected chi connectivity index (χ1v) is 15.1. The Morgan fingerprint density at radius 1 is 0.444 bits per heavy atom. The number of rotatable bonds is 4. The monoisotopic (exact) mass is 581 g/mol. The fourth-order valence-electron chi connectivity index (χ4n) is 6.18. The van der Waals surface area contributed by atoms with Crippen molar-refractivity contribution in [2.75, 3.05) is 19.0 Å². The summed E-state index contributed by atoms with van der Waals surface area (Å²) in [6, 6.07) is 40.2. The predicted octanol–water partition coefficient (Wildman–Crippen LogP) is 9.72. The Morgan fingerprint density at radius 2 is 0.867 bits per heavy atom. The van der Waals surface area contributed by atoms with Gasteiger partial charge in [-0.3, -0.25) is 0 Å². The molecule has 2 aliphatic heterocycles. The number of nitrogens with one attached hydrogen (secondary N) is 2. The van der Waals surface area contributed by atoms with Crippen molar-refractivity contribution in [3.63, 3.8) is 0 Å². The number of hydrogen-bond donors (Lipinski definition) is 2. The van der Waals surface area contributed by atoms with Crippen LogP contribution in [-0.4, -0.2) is 34.0 Å². The van der Waals surface area contributed by atoms with Crippen LogP contribution in [0.4, 0.5) is 5.69 Å². The van der Waals surface area contributed by atoms with Crippen LogP contribution >= 0.6 is 0 Å². The van der Waals surface area contributed by atoms with E-state index in [0.717, 1.165) is 83.9 Å². The molecule has 0 amide bonds. The van der Waals surface area contributed by atoms with Gasteiger partial charge in [0, 0.05) is 58.5 Å². The third-order valence-electron chi connectivity index (χ3n) is 8.37. The second-order valence-corrected chi connectivity index (χ2v) is 11.5. The summed E-state index contributed by atoms with van der Waals surface area (Å²) in [5, 5.41) is 0. The number of aromatic nitrogens is 4. The molecule has 0 unspecified atom stereocenters. The lowest BCUT2D eigenvalue weighted by Crippen LogP contribution is -2.08. The Labute approximate surface area is 261 Å². The summed E-state index contributed by atoms with van der Waals surface area (Å²) in [5.74, 6) is 0. The number of aromatic amines is 2. The average Bonchev–Trinajstić information content (AvgIpc) is 3.90. The van der Waals surface area contributed by atoms with Gasteiger partial charge in [-0.25, -0.2) is 9.97 Å². The van der Waals surface area contributed by atoms with Gasteiger partial charge in [0.15, 0.2) is 0 Å². The lowest BCUT2D eigenvalue weighted by Gasteiger charge is -2.13. The van der Waals surface area contributed by atoms with Crippen molar-refractivity contribution in [2.45, 2.75) is 0 Å². The number of hydrogen-bond acceptors (Lipinski definition) is 3. The summed E-state index contributed by atoms with van der Waals surface area (Å²) >= 11 is 0. The molecule has 5 heteroatoms. The zero-order valence-electron chi connectivity index (χ0n) is 25.1. The van der Waals surface area contributed by atoms with Crippen molar-refractivity contribution in [1.29, 1.82) is 0 Å². The number of benzene rings is 3. The Bertz CT molecular complexity index is 2130. The first-order valence-electron chi connectivity index (χ1n) is 15.1. The highest BCUT2D eigenvalue weighted by Gasteiger charge is 2.18. The fourth-order valence-corrected chi connectivity index (χ4v) is 6.18. The van der Waals surface area contributed by atoms with E-state index in [0.29, 0.717) is 0 Å². The lowest BCUT2D eigenvalue weighted by molar-refractivity contribution is 1.13. The molecule has 0 radical (unpaired) electrons. The maximum atomic E-state index is 5.30. The third-order valence-corrected chi connectivity index (χ3v) is 8.37. The number of fused-ring (bicyclic) bond motifs is 8. The van der Waals surface area contributed by atoms with Crippen LogP contribution in [0, 0.1) is 0 Å². The average molecular weight is 582 g/mol. The van der Waals surface area contributed by atoms with Crippen LogP contribution in [0.25, 0.3) is 79.8 Å². The molecule has 0 spiro atoms. The number of H-pyrrole nitrogens is 2. The smallest absolute Gasteiger partial charge is 0.0738 e. The van der Waals surface area contributed by atoms with E-state index in [1.165, 1.54) is 0 Å². The topological polar surface area (TPSA) is 60.6 Å². The highest BCUT2D eigenvalue weighted by atomic mass is 15.1. The van der Waals surface area contributed by atoms with E-state index in [9.17, 15) is 0 Å². The van der Waals surface area contributed by atoms with Crippen molar-refractivity contribution in [3.8, 4) is 33.4 Å². The standard InChI is InChI=1S/C40H31N5/c1-45(2)31-17-13-28(14-18-31)40-36-23-21-34(43-36)38(26-9-5-3-6-10-26)32-19-15-29(41-32)25-30-16-20-33(42-30)39(27-11-7-4-8-12-27)35-22-24-37(40)44-35/h3-25,41-42H,1-2H3. The molecule has 0 aliphatic carbocycles. The molecule has 0 fully saturated rings. The molecule has 2 N–H and O–H groups in total. The van der Waals surface area contributed by atoms with Crippen molar-refractivity contribution in [1.82, 2.24) is 19.9 Å². The van der Waals surface area contributed by atoms with Gasteiger partial charge in [0.05, 0.1) is 22.8 Å². The van der Waals surface area contributed by atoms with E-state index in [1.807, 2.05) is 12.1 Å². The van der Waals surface area contributed by atoms with Crippen molar-refractivity contribution in [3.05, 3.63) is 138 Å². The van der Waals surface area contributed by atoms with Crippen LogP contribution in [0.5, 0.6) is 0 Å². The zero-order chi connectivity index (χ0) is 30.3. The molecule has 216 valence electrons. The molecule has 5 nitrogen and oxygen atoms in total. The Hall–Kier alpha value is -5.94. The van der Waals surface area contributed by atoms with Crippen molar-refractivity contribution >= 4 is 52.1 Å². The summed E-state index contributed by atoms with van der Waals surface area (Å²) in [6.45, 7) is 0. The maximum Gasteiger partial charge on any atom is 0.0738 e. The molecular weight excluding hydrogens is 550 g/mol. The summed E-state index contributed by atoms with van der Waals surface area (Å²) in [7, 11) is 4.12. The lowest BCUT2D eigenvalue weighted by atomic mass is 10.0.